The predicted molar refractivity (Wildman–Crippen MR) is 119 cm³/mol. The Morgan fingerprint density at radius 2 is 1.90 bits per heavy atom. The van der Waals surface area contributed by atoms with Crippen LogP contribution in [-0.4, -0.2) is 29.4 Å². The van der Waals surface area contributed by atoms with E-state index in [0.29, 0.717) is 17.8 Å². The van der Waals surface area contributed by atoms with Crippen LogP contribution in [0.1, 0.15) is 38.8 Å². The van der Waals surface area contributed by atoms with Crippen LogP contribution in [0.3, 0.4) is 0 Å². The molecule has 2 heterocycles. The molecule has 1 atom stereocenters. The van der Waals surface area contributed by atoms with Crippen LogP contribution in [0.4, 0.5) is 0 Å². The summed E-state index contributed by atoms with van der Waals surface area (Å²) in [5.41, 5.74) is 2.07. The van der Waals surface area contributed by atoms with E-state index >= 15 is 0 Å². The molecule has 5 nitrogen and oxygen atoms in total. The Kier molecular flexibility index (Phi) is 7.95. The molecule has 1 aromatic carbocycles. The van der Waals surface area contributed by atoms with Gasteiger partial charge in [-0.2, -0.15) is 0 Å². The molecule has 7 heteroatoms. The van der Waals surface area contributed by atoms with E-state index in [2.05, 4.69) is 21.0 Å². The van der Waals surface area contributed by atoms with Gasteiger partial charge >= 0.3 is 0 Å². The van der Waals surface area contributed by atoms with Gasteiger partial charge in [0, 0.05) is 24.0 Å². The van der Waals surface area contributed by atoms with Crippen molar-refractivity contribution in [1.29, 1.82) is 0 Å². The zero-order valence-electron chi connectivity index (χ0n) is 16.4. The summed E-state index contributed by atoms with van der Waals surface area (Å²) in [6.45, 7) is 2.58. The van der Waals surface area contributed by atoms with Gasteiger partial charge in [-0.05, 0) is 43.2 Å². The number of nitrogens with zero attached hydrogens (tertiary/aromatic N) is 1. The number of nitrogens with one attached hydrogen (secondary N) is 2. The van der Waals surface area contributed by atoms with Crippen LogP contribution in [0.5, 0.6) is 0 Å². The minimum Gasteiger partial charge on any atom is -0.354 e. The van der Waals surface area contributed by atoms with Crippen molar-refractivity contribution in [1.82, 2.24) is 15.6 Å². The van der Waals surface area contributed by atoms with E-state index in [1.165, 1.54) is 11.3 Å². The quantitative estimate of drug-likeness (QED) is 0.481. The van der Waals surface area contributed by atoms with E-state index < -0.39 is 6.04 Å². The van der Waals surface area contributed by atoms with E-state index in [9.17, 15) is 9.59 Å². The zero-order chi connectivity index (χ0) is 20.5. The number of hydrogen-bond acceptors (Lipinski definition) is 5. The first-order valence-electron chi connectivity index (χ1n) is 9.69. The number of carbonyl (C=O) groups is 2. The summed E-state index contributed by atoms with van der Waals surface area (Å²) in [4.78, 5) is 30.3. The van der Waals surface area contributed by atoms with E-state index in [-0.39, 0.29) is 11.8 Å². The van der Waals surface area contributed by atoms with Crippen molar-refractivity contribution < 1.29 is 9.59 Å². The smallest absolute Gasteiger partial charge is 0.262 e. The van der Waals surface area contributed by atoms with Crippen molar-refractivity contribution in [2.24, 2.45) is 0 Å². The van der Waals surface area contributed by atoms with E-state index in [0.717, 1.165) is 35.5 Å². The van der Waals surface area contributed by atoms with Gasteiger partial charge in [0.25, 0.3) is 5.91 Å². The minimum absolute atomic E-state index is 0.149. The maximum Gasteiger partial charge on any atom is 0.262 e. The molecule has 3 aromatic rings. The Bertz CT molecular complexity index is 907. The molecular formula is C22H25N3O2S2. The summed E-state index contributed by atoms with van der Waals surface area (Å²) < 4.78 is 0. The summed E-state index contributed by atoms with van der Waals surface area (Å²) >= 11 is 3.05. The number of amides is 2. The van der Waals surface area contributed by atoms with E-state index in [1.807, 2.05) is 48.7 Å². The van der Waals surface area contributed by atoms with Crippen LogP contribution < -0.4 is 10.6 Å². The second-order valence-corrected chi connectivity index (χ2v) is 8.71. The van der Waals surface area contributed by atoms with E-state index in [1.54, 1.807) is 17.4 Å². The third-order valence-corrected chi connectivity index (χ3v) is 6.33. The topological polar surface area (TPSA) is 71.1 Å². The standard InChI is InChI=1S/C22H25N3O2S2/c1-16-15-29-20(24-16)11-5-6-12-23-21(26)18(14-17-8-3-2-4-9-17)25-22(27)19-10-7-13-28-19/h2-4,7-10,13,15,18H,5-6,11-12,14H2,1H3,(H,23,26)(H,25,27). The number of rotatable bonds is 10. The molecular weight excluding hydrogens is 402 g/mol. The minimum atomic E-state index is -0.603. The predicted octanol–water partition coefficient (Wildman–Crippen LogP) is 3.99. The highest BCUT2D eigenvalue weighted by atomic mass is 32.1. The lowest BCUT2D eigenvalue weighted by Crippen LogP contribution is -2.48. The van der Waals surface area contributed by atoms with Crippen molar-refractivity contribution in [2.45, 2.75) is 38.6 Å². The number of aromatic nitrogens is 1. The maximum atomic E-state index is 12.8. The highest BCUT2D eigenvalue weighted by Crippen LogP contribution is 2.12. The van der Waals surface area contributed by atoms with Gasteiger partial charge in [0.2, 0.25) is 5.91 Å². The molecule has 0 saturated heterocycles. The molecule has 29 heavy (non-hydrogen) atoms. The Labute approximate surface area is 179 Å². The number of unbranched alkanes of at least 4 members (excludes halogenated alkanes) is 1. The fourth-order valence-corrected chi connectivity index (χ4v) is 4.39. The lowest BCUT2D eigenvalue weighted by atomic mass is 10.0. The average molecular weight is 428 g/mol. The van der Waals surface area contributed by atoms with Crippen LogP contribution in [-0.2, 0) is 17.6 Å². The average Bonchev–Trinajstić information content (AvgIpc) is 3.40. The van der Waals surface area contributed by atoms with Crippen molar-refractivity contribution in [2.75, 3.05) is 6.54 Å². The van der Waals surface area contributed by atoms with E-state index in [4.69, 9.17) is 0 Å². The van der Waals surface area contributed by atoms with Crippen molar-refractivity contribution in [3.8, 4) is 0 Å². The van der Waals surface area contributed by atoms with Crippen LogP contribution in [0, 0.1) is 6.92 Å². The Hall–Kier alpha value is -2.51. The van der Waals surface area contributed by atoms with Crippen LogP contribution in [0.15, 0.2) is 53.2 Å². The van der Waals surface area contributed by atoms with Gasteiger partial charge in [-0.1, -0.05) is 36.4 Å². The molecule has 0 aliphatic heterocycles. The van der Waals surface area contributed by atoms with Crippen LogP contribution in [0.2, 0.25) is 0 Å². The van der Waals surface area contributed by atoms with Gasteiger partial charge in [0.15, 0.2) is 0 Å². The summed E-state index contributed by atoms with van der Waals surface area (Å²) in [5.74, 6) is -0.362. The van der Waals surface area contributed by atoms with Crippen molar-refractivity contribution >= 4 is 34.5 Å². The van der Waals surface area contributed by atoms with Gasteiger partial charge in [0.05, 0.1) is 9.88 Å². The highest BCUT2D eigenvalue weighted by molar-refractivity contribution is 7.12. The first-order chi connectivity index (χ1) is 14.1. The molecule has 2 aromatic heterocycles. The van der Waals surface area contributed by atoms with Crippen molar-refractivity contribution in [3.05, 3.63) is 74.4 Å². The number of thiazole rings is 1. The number of thiophene rings is 1. The van der Waals surface area contributed by atoms with Crippen LogP contribution >= 0.6 is 22.7 Å². The Morgan fingerprint density at radius 1 is 1.07 bits per heavy atom. The van der Waals surface area contributed by atoms with Crippen molar-refractivity contribution in [3.63, 3.8) is 0 Å². The maximum absolute atomic E-state index is 12.8. The van der Waals surface area contributed by atoms with Gasteiger partial charge in [-0.25, -0.2) is 4.98 Å². The number of aryl methyl sites for hydroxylation is 2. The number of hydrogen-bond donors (Lipinski definition) is 2. The van der Waals surface area contributed by atoms with Gasteiger partial charge in [0.1, 0.15) is 6.04 Å². The first-order valence-corrected chi connectivity index (χ1v) is 11.4. The molecule has 2 amide bonds. The zero-order valence-corrected chi connectivity index (χ0v) is 18.0. The summed E-state index contributed by atoms with van der Waals surface area (Å²) in [7, 11) is 0. The molecule has 0 fully saturated rings. The summed E-state index contributed by atoms with van der Waals surface area (Å²) in [6, 6.07) is 12.7. The molecule has 1 unspecified atom stereocenters. The third kappa shape index (κ3) is 6.80. The molecule has 0 aliphatic carbocycles. The Morgan fingerprint density at radius 3 is 2.59 bits per heavy atom. The highest BCUT2D eigenvalue weighted by Gasteiger charge is 2.22. The third-order valence-electron chi connectivity index (χ3n) is 4.43. The molecule has 0 saturated carbocycles. The molecule has 3 rings (SSSR count). The first kappa shape index (κ1) is 21.2. The second kappa shape index (κ2) is 10.9. The monoisotopic (exact) mass is 427 g/mol. The molecule has 0 spiro atoms. The normalized spacial score (nSPS) is 11.8. The summed E-state index contributed by atoms with van der Waals surface area (Å²) in [6.07, 6.45) is 3.23. The molecule has 0 bridgehead atoms. The molecule has 0 radical (unpaired) electrons. The fourth-order valence-electron chi connectivity index (χ4n) is 2.95. The molecule has 2 N–H and O–H groups in total. The number of benzene rings is 1. The lowest BCUT2D eigenvalue weighted by Gasteiger charge is -2.18. The summed E-state index contributed by atoms with van der Waals surface area (Å²) in [5, 5.41) is 10.9. The Balaban J connectivity index is 1.51. The fraction of sp³-hybridized carbons (Fsp3) is 0.318. The van der Waals surface area contributed by atoms with Gasteiger partial charge in [-0.3, -0.25) is 9.59 Å². The number of carbonyl (C=O) groups excluding carboxylic acids is 2. The van der Waals surface area contributed by atoms with Gasteiger partial charge in [-0.15, -0.1) is 22.7 Å². The molecule has 0 aliphatic rings. The second-order valence-electron chi connectivity index (χ2n) is 6.82. The molecule has 152 valence electrons. The van der Waals surface area contributed by atoms with Gasteiger partial charge < -0.3 is 10.6 Å². The lowest BCUT2D eigenvalue weighted by molar-refractivity contribution is -0.122. The van der Waals surface area contributed by atoms with Crippen LogP contribution in [0.25, 0.3) is 0 Å². The SMILES string of the molecule is Cc1csc(CCCCNC(=O)C(Cc2ccccc2)NC(=O)c2cccs2)n1. The largest absolute Gasteiger partial charge is 0.354 e.